The Morgan fingerprint density at radius 1 is 1.00 bits per heavy atom. The largest absolute Gasteiger partial charge is 0.489 e. The Balaban J connectivity index is 2.49. The summed E-state index contributed by atoms with van der Waals surface area (Å²) < 4.78 is 33.2. The number of ether oxygens (including phenoxy) is 1. The van der Waals surface area contributed by atoms with Crippen molar-refractivity contribution in [3.8, 4) is 16.9 Å². The normalized spacial score (nSPS) is 10.4. The van der Waals surface area contributed by atoms with Crippen LogP contribution in [-0.2, 0) is 0 Å². The third-order valence-corrected chi connectivity index (χ3v) is 2.97. The minimum Gasteiger partial charge on any atom is -0.489 e. The maximum Gasteiger partial charge on any atom is 0.137 e. The molecule has 0 N–H and O–H groups in total. The molecule has 0 radical (unpaired) electrons. The van der Waals surface area contributed by atoms with Crippen molar-refractivity contribution in [1.82, 2.24) is 0 Å². The van der Waals surface area contributed by atoms with Gasteiger partial charge in [-0.15, -0.1) is 0 Å². The van der Waals surface area contributed by atoms with Crippen molar-refractivity contribution in [1.29, 1.82) is 0 Å². The van der Waals surface area contributed by atoms with E-state index < -0.39 is 11.6 Å². The summed E-state index contributed by atoms with van der Waals surface area (Å²) in [7, 11) is 0. The van der Waals surface area contributed by atoms with Gasteiger partial charge in [0.15, 0.2) is 0 Å². The van der Waals surface area contributed by atoms with Crippen molar-refractivity contribution >= 4 is 23.2 Å². The minimum absolute atomic E-state index is 0.0942. The van der Waals surface area contributed by atoms with Crippen LogP contribution < -0.4 is 4.74 Å². The SMILES string of the molecule is C=CCOc1cc(F)c(-c2cc(Cl)cc(Cl)c2)c(F)c1. The van der Waals surface area contributed by atoms with Gasteiger partial charge in [0.25, 0.3) is 0 Å². The molecule has 2 aromatic carbocycles. The van der Waals surface area contributed by atoms with Crippen molar-refractivity contribution in [2.45, 2.75) is 0 Å². The summed E-state index contributed by atoms with van der Waals surface area (Å²) in [6, 6.07) is 6.59. The average Bonchev–Trinajstić information content (AvgIpc) is 2.34. The second kappa shape index (κ2) is 6.25. The lowest BCUT2D eigenvalue weighted by Crippen LogP contribution is -1.97. The Labute approximate surface area is 125 Å². The van der Waals surface area contributed by atoms with Crippen LogP contribution in [0.2, 0.25) is 10.0 Å². The maximum absolute atomic E-state index is 14.1. The Hall–Kier alpha value is -1.58. The third kappa shape index (κ3) is 3.30. The molecule has 5 heteroatoms. The minimum atomic E-state index is -0.748. The van der Waals surface area contributed by atoms with Crippen LogP contribution in [0.5, 0.6) is 5.75 Å². The summed E-state index contributed by atoms with van der Waals surface area (Å²) in [5.41, 5.74) is 0.0770. The van der Waals surface area contributed by atoms with Gasteiger partial charge in [-0.25, -0.2) is 8.78 Å². The molecule has 0 spiro atoms. The van der Waals surface area contributed by atoms with E-state index in [4.69, 9.17) is 27.9 Å². The van der Waals surface area contributed by atoms with Crippen molar-refractivity contribution in [3.05, 3.63) is 64.7 Å². The van der Waals surface area contributed by atoms with Crippen LogP contribution in [-0.4, -0.2) is 6.61 Å². The zero-order valence-corrected chi connectivity index (χ0v) is 11.8. The molecule has 1 nitrogen and oxygen atoms in total. The van der Waals surface area contributed by atoms with E-state index in [1.54, 1.807) is 0 Å². The van der Waals surface area contributed by atoms with E-state index in [0.29, 0.717) is 10.0 Å². The summed E-state index contributed by atoms with van der Waals surface area (Å²) in [4.78, 5) is 0. The molecule has 0 amide bonds. The van der Waals surface area contributed by atoms with Crippen LogP contribution in [0.25, 0.3) is 11.1 Å². The first-order chi connectivity index (χ1) is 9.51. The fraction of sp³-hybridized carbons (Fsp3) is 0.0667. The topological polar surface area (TPSA) is 9.23 Å². The number of hydrogen-bond acceptors (Lipinski definition) is 1. The van der Waals surface area contributed by atoms with Gasteiger partial charge in [0.05, 0.1) is 5.56 Å². The summed E-state index contributed by atoms with van der Waals surface area (Å²) in [6.45, 7) is 3.63. The van der Waals surface area contributed by atoms with E-state index in [9.17, 15) is 8.78 Å². The lowest BCUT2D eigenvalue weighted by atomic mass is 10.0. The molecule has 0 saturated heterocycles. The van der Waals surface area contributed by atoms with Crippen LogP contribution >= 0.6 is 23.2 Å². The lowest BCUT2D eigenvalue weighted by Gasteiger charge is -2.10. The Morgan fingerprint density at radius 3 is 2.05 bits per heavy atom. The lowest BCUT2D eigenvalue weighted by molar-refractivity contribution is 0.358. The van der Waals surface area contributed by atoms with E-state index in [-0.39, 0.29) is 23.5 Å². The van der Waals surface area contributed by atoms with Crippen molar-refractivity contribution in [3.63, 3.8) is 0 Å². The first-order valence-corrected chi connectivity index (χ1v) is 6.46. The second-order valence-electron chi connectivity index (χ2n) is 4.02. The van der Waals surface area contributed by atoms with Gasteiger partial charge in [-0.2, -0.15) is 0 Å². The van der Waals surface area contributed by atoms with Gasteiger partial charge in [-0.3, -0.25) is 0 Å². The summed E-state index contributed by atoms with van der Waals surface area (Å²) in [5, 5.41) is 0.608. The van der Waals surface area contributed by atoms with Gasteiger partial charge in [0.2, 0.25) is 0 Å². The highest BCUT2D eigenvalue weighted by Gasteiger charge is 2.15. The van der Waals surface area contributed by atoms with E-state index in [2.05, 4.69) is 6.58 Å². The fourth-order valence-electron chi connectivity index (χ4n) is 1.76. The second-order valence-corrected chi connectivity index (χ2v) is 4.89. The van der Waals surface area contributed by atoms with Gasteiger partial charge in [-0.05, 0) is 23.8 Å². The van der Waals surface area contributed by atoms with Gasteiger partial charge < -0.3 is 4.74 Å². The van der Waals surface area contributed by atoms with E-state index in [0.717, 1.165) is 12.1 Å². The number of halogens is 4. The van der Waals surface area contributed by atoms with Gasteiger partial charge in [0.1, 0.15) is 24.0 Å². The zero-order chi connectivity index (χ0) is 14.7. The van der Waals surface area contributed by atoms with Crippen molar-refractivity contribution in [2.24, 2.45) is 0 Å². The number of benzene rings is 2. The molecule has 0 bridgehead atoms. The number of hydrogen-bond donors (Lipinski definition) is 0. The van der Waals surface area contributed by atoms with Crippen LogP contribution in [0.4, 0.5) is 8.78 Å². The van der Waals surface area contributed by atoms with Crippen LogP contribution in [0.1, 0.15) is 0 Å². The maximum atomic E-state index is 14.1. The zero-order valence-electron chi connectivity index (χ0n) is 10.3. The van der Waals surface area contributed by atoms with E-state index >= 15 is 0 Å². The quantitative estimate of drug-likeness (QED) is 0.677. The Morgan fingerprint density at radius 2 is 1.55 bits per heavy atom. The highest BCUT2D eigenvalue weighted by molar-refractivity contribution is 6.35. The predicted octanol–water partition coefficient (Wildman–Crippen LogP) is 5.50. The first-order valence-electron chi connectivity index (χ1n) is 5.70. The molecular weight excluding hydrogens is 305 g/mol. The van der Waals surface area contributed by atoms with Gasteiger partial charge in [-0.1, -0.05) is 35.9 Å². The first kappa shape index (κ1) is 14.8. The van der Waals surface area contributed by atoms with Gasteiger partial charge in [0, 0.05) is 22.2 Å². The third-order valence-electron chi connectivity index (χ3n) is 2.53. The highest BCUT2D eigenvalue weighted by atomic mass is 35.5. The predicted molar refractivity (Wildman–Crippen MR) is 77.5 cm³/mol. The van der Waals surface area contributed by atoms with Gasteiger partial charge >= 0.3 is 0 Å². The highest BCUT2D eigenvalue weighted by Crippen LogP contribution is 2.33. The molecule has 0 fully saturated rings. The van der Waals surface area contributed by atoms with Crippen molar-refractivity contribution in [2.75, 3.05) is 6.61 Å². The Bertz CT molecular complexity index is 613. The molecular formula is C15H10Cl2F2O. The van der Waals surface area contributed by atoms with Crippen LogP contribution in [0.15, 0.2) is 43.0 Å². The molecule has 2 aromatic rings. The van der Waals surface area contributed by atoms with E-state index in [1.165, 1.54) is 24.3 Å². The summed E-state index contributed by atoms with van der Waals surface area (Å²) in [5.74, 6) is -1.40. The average molecular weight is 315 g/mol. The van der Waals surface area contributed by atoms with Crippen molar-refractivity contribution < 1.29 is 13.5 Å². The molecule has 104 valence electrons. The molecule has 0 atom stereocenters. The molecule has 2 rings (SSSR count). The molecule has 20 heavy (non-hydrogen) atoms. The molecule has 0 aliphatic carbocycles. The monoisotopic (exact) mass is 314 g/mol. The smallest absolute Gasteiger partial charge is 0.137 e. The molecule has 0 aliphatic rings. The molecule has 0 unspecified atom stereocenters. The molecule has 0 heterocycles. The summed E-state index contributed by atoms with van der Waals surface area (Å²) in [6.07, 6.45) is 1.49. The Kier molecular flexibility index (Phi) is 4.63. The molecule has 0 aliphatic heterocycles. The van der Waals surface area contributed by atoms with Crippen LogP contribution in [0.3, 0.4) is 0 Å². The van der Waals surface area contributed by atoms with Crippen LogP contribution in [0, 0.1) is 11.6 Å². The summed E-state index contributed by atoms with van der Waals surface area (Å²) >= 11 is 11.7. The fourth-order valence-corrected chi connectivity index (χ4v) is 2.29. The standard InChI is InChI=1S/C15H10Cl2F2O/c1-2-3-20-12-7-13(18)15(14(19)8-12)9-4-10(16)6-11(17)5-9/h2,4-8H,1,3H2. The van der Waals surface area contributed by atoms with E-state index in [1.807, 2.05) is 0 Å². The molecule has 0 aromatic heterocycles. The molecule has 0 saturated carbocycles. The number of rotatable bonds is 4.